The first-order chi connectivity index (χ1) is 3.71. The van der Waals surface area contributed by atoms with Gasteiger partial charge in [0.15, 0.2) is 0 Å². The zero-order valence-corrected chi connectivity index (χ0v) is 11.1. The van der Waals surface area contributed by atoms with E-state index in [9.17, 15) is 19.4 Å². The third-order valence-corrected chi connectivity index (χ3v) is 2.88. The second-order valence-electron chi connectivity index (χ2n) is 0.904. The van der Waals surface area contributed by atoms with Crippen LogP contribution in [-0.2, 0) is 45.3 Å². The fraction of sp³-hybridized carbons (Fsp3) is 0. The van der Waals surface area contributed by atoms with Gasteiger partial charge in [0, 0.05) is 0 Å². The molecule has 0 rings (SSSR count). The van der Waals surface area contributed by atoms with Crippen molar-refractivity contribution >= 4 is 0 Å². The summed E-state index contributed by atoms with van der Waals surface area (Å²) < 4.78 is 57.6. The average molecular weight is 273 g/mol. The molecule has 0 aliphatic rings. The molecular weight excluding hydrogens is 269 g/mol. The summed E-state index contributed by atoms with van der Waals surface area (Å²) in [5.41, 5.74) is 0. The van der Waals surface area contributed by atoms with E-state index in [1.165, 1.54) is 0 Å². The van der Waals surface area contributed by atoms with E-state index in [4.69, 9.17) is 4.16 Å². The molecule has 0 radical (unpaired) electrons. The number of hydrogen-bond donors (Lipinski definition) is 2. The van der Waals surface area contributed by atoms with Crippen LogP contribution in [0.25, 0.3) is 0 Å². The van der Waals surface area contributed by atoms with Gasteiger partial charge in [0.05, 0.1) is 0 Å². The van der Waals surface area contributed by atoms with Crippen molar-refractivity contribution in [2.45, 2.75) is 0 Å². The Bertz CT molecular complexity index is 242. The van der Waals surface area contributed by atoms with Gasteiger partial charge in [-0.3, -0.25) is 0 Å². The van der Waals surface area contributed by atoms with Crippen LogP contribution in [0.4, 0.5) is 0 Å². The Morgan fingerprint density at radius 1 is 1.18 bits per heavy atom. The van der Waals surface area contributed by atoms with Crippen molar-refractivity contribution in [2.24, 2.45) is 0 Å². The summed E-state index contributed by atoms with van der Waals surface area (Å²) >= 11 is -11.8. The second kappa shape index (κ2) is 6.23. The van der Waals surface area contributed by atoms with Gasteiger partial charge in [-0.05, 0) is 0 Å². The quantitative estimate of drug-likeness (QED) is 0.473. The van der Waals surface area contributed by atoms with Crippen LogP contribution >= 0.6 is 0 Å². The monoisotopic (exact) mass is 273 g/mol. The van der Waals surface area contributed by atoms with E-state index in [0.29, 0.717) is 0 Å². The minimum atomic E-state index is -6.01. The van der Waals surface area contributed by atoms with E-state index in [-0.39, 0.29) is 57.5 Å². The fourth-order valence-corrected chi connectivity index (χ4v) is 1.79. The van der Waals surface area contributed by atoms with E-state index < -0.39 is 27.2 Å². The zero-order valence-electron chi connectivity index (χ0n) is 5.42. The molecule has 0 atom stereocenters. The van der Waals surface area contributed by atoms with Gasteiger partial charge in [-0.1, -0.05) is 0 Å². The van der Waals surface area contributed by atoms with Gasteiger partial charge < -0.3 is 6.15 Å². The van der Waals surface area contributed by atoms with E-state index >= 15 is 0 Å². The Kier molecular flexibility index (Phi) is 10.5. The summed E-state index contributed by atoms with van der Waals surface area (Å²) in [5.74, 6) is 0. The predicted molar refractivity (Wildman–Crippen MR) is 11.1 cm³/mol. The molecule has 0 bridgehead atoms. The second-order valence-corrected chi connectivity index (χ2v) is 4.60. The van der Waals surface area contributed by atoms with Crippen LogP contribution < -0.4 is 61.7 Å². The van der Waals surface area contributed by atoms with Crippen molar-refractivity contribution < 1.29 is 105 Å². The Morgan fingerprint density at radius 3 is 1.45 bits per heavy atom. The van der Waals surface area contributed by atoms with Crippen LogP contribution in [-0.4, -0.2) is 4.16 Å². The minimum absolute atomic E-state index is 0. The molecule has 0 fully saturated rings. The molecule has 11 heavy (non-hydrogen) atoms. The molecule has 0 aromatic rings. The first-order valence-corrected chi connectivity index (χ1v) is 5.56. The Hall–Kier alpha value is 1.74. The standard InChI is InChI=1S/2Cr.K.H3N.H2O.6O/h;;;1H3;1H2;;;;;;/q;2*+1;;;;;;;;-1/p-1. The molecule has 0 saturated carbocycles. The topological polar surface area (TPSA) is 156 Å². The molecule has 0 aliphatic carbocycles. The summed E-state index contributed by atoms with van der Waals surface area (Å²) in [5, 5.41) is 0. The third kappa shape index (κ3) is 18.6. The van der Waals surface area contributed by atoms with Crippen LogP contribution in [0.5, 0.6) is 0 Å². The molecule has 64 valence electrons. The first-order valence-electron chi connectivity index (χ1n) is 1.35. The Morgan fingerprint density at radius 2 is 1.45 bits per heavy atom. The molecule has 11 heteroatoms. The van der Waals surface area contributed by atoms with Crippen molar-refractivity contribution in [3.05, 3.63) is 0 Å². The normalized spacial score (nSPS) is 11.1. The first kappa shape index (κ1) is 18.5. The van der Waals surface area contributed by atoms with Crippen molar-refractivity contribution in [3.63, 3.8) is 0 Å². The average Bonchev–Trinajstić information content (AvgIpc) is 1.14. The van der Waals surface area contributed by atoms with Gasteiger partial charge in [-0.2, -0.15) is 0 Å². The maximum atomic E-state index is 9.49. The summed E-state index contributed by atoms with van der Waals surface area (Å²) in [4.78, 5) is 0. The molecule has 0 unspecified atom stereocenters. The summed E-state index contributed by atoms with van der Waals surface area (Å²) in [7, 11) is 0. The Balaban J connectivity index is -0.000000320. The van der Waals surface area contributed by atoms with E-state index in [1.54, 1.807) is 0 Å². The zero-order chi connectivity index (χ0) is 7.71. The van der Waals surface area contributed by atoms with E-state index in [0.717, 1.165) is 0 Å². The van der Waals surface area contributed by atoms with Gasteiger partial charge in [0.25, 0.3) is 0 Å². The van der Waals surface area contributed by atoms with Crippen molar-refractivity contribution in [2.75, 3.05) is 0 Å². The number of rotatable bonds is 2. The SMILES string of the molecule is N.[K+].[O]=[Cr](=[O])([O-])[O][Cr](=[O])(=[O])[OH]. The summed E-state index contributed by atoms with van der Waals surface area (Å²) in [6, 6.07) is 0. The molecule has 0 aromatic carbocycles. The predicted octanol–water partition coefficient (Wildman–Crippen LogP) is -5.13. The fourth-order valence-electron chi connectivity index (χ4n) is 0.105. The molecule has 4 N–H and O–H groups in total. The maximum absolute atomic E-state index is 9.49. The van der Waals surface area contributed by atoms with Gasteiger partial charge >= 0.3 is 105 Å². The number of hydrogen-bond acceptors (Lipinski definition) is 7. The molecule has 0 saturated heterocycles. The van der Waals surface area contributed by atoms with Gasteiger partial charge in [-0.15, -0.1) is 0 Å². The summed E-state index contributed by atoms with van der Waals surface area (Å²) in [6.45, 7) is 0. The molecule has 0 aromatic heterocycles. The molecular formula is H4Cr2KNO7. The van der Waals surface area contributed by atoms with Crippen LogP contribution in [0.3, 0.4) is 0 Å². The van der Waals surface area contributed by atoms with E-state index in [2.05, 4.69) is 2.84 Å². The van der Waals surface area contributed by atoms with Crippen LogP contribution in [0.1, 0.15) is 0 Å². The van der Waals surface area contributed by atoms with E-state index in [1.807, 2.05) is 0 Å². The molecule has 0 spiro atoms. The molecule has 0 amide bonds. The van der Waals surface area contributed by atoms with Crippen LogP contribution in [0.2, 0.25) is 0 Å². The van der Waals surface area contributed by atoms with Crippen molar-refractivity contribution in [1.82, 2.24) is 6.15 Å². The molecule has 0 aliphatic heterocycles. The Labute approximate surface area is 109 Å². The van der Waals surface area contributed by atoms with Crippen LogP contribution in [0.15, 0.2) is 0 Å². The summed E-state index contributed by atoms with van der Waals surface area (Å²) in [6.07, 6.45) is 0. The van der Waals surface area contributed by atoms with Gasteiger partial charge in [-0.25, -0.2) is 0 Å². The molecule has 0 heterocycles. The molecule has 8 nitrogen and oxygen atoms in total. The van der Waals surface area contributed by atoms with Gasteiger partial charge in [0.1, 0.15) is 0 Å². The van der Waals surface area contributed by atoms with Gasteiger partial charge in [0.2, 0.25) is 0 Å². The van der Waals surface area contributed by atoms with Crippen LogP contribution in [0, 0.1) is 0 Å². The van der Waals surface area contributed by atoms with Crippen molar-refractivity contribution in [1.29, 1.82) is 0 Å². The third-order valence-electron chi connectivity index (χ3n) is 0.169. The van der Waals surface area contributed by atoms with Crippen molar-refractivity contribution in [3.8, 4) is 0 Å².